The molecule has 2 spiro atoms. The van der Waals surface area contributed by atoms with Crippen molar-refractivity contribution in [2.75, 3.05) is 20.0 Å². The van der Waals surface area contributed by atoms with E-state index in [1.54, 1.807) is 0 Å². The third-order valence-corrected chi connectivity index (χ3v) is 6.71. The molecular formula is C20H25NO5. The van der Waals surface area contributed by atoms with Crippen LogP contribution in [0.2, 0.25) is 0 Å². The van der Waals surface area contributed by atoms with Crippen LogP contribution < -0.4 is 9.47 Å². The quantitative estimate of drug-likeness (QED) is 0.767. The van der Waals surface area contributed by atoms with Crippen molar-refractivity contribution < 1.29 is 23.8 Å². The van der Waals surface area contributed by atoms with Crippen molar-refractivity contribution >= 4 is 0 Å². The fourth-order valence-electron chi connectivity index (χ4n) is 5.33. The van der Waals surface area contributed by atoms with Gasteiger partial charge in [0.2, 0.25) is 6.79 Å². The summed E-state index contributed by atoms with van der Waals surface area (Å²) in [6.07, 6.45) is 8.00. The number of benzene rings is 1. The lowest BCUT2D eigenvalue weighted by molar-refractivity contribution is -0.334. The van der Waals surface area contributed by atoms with Crippen LogP contribution in [0.4, 0.5) is 0 Å². The Morgan fingerprint density at radius 1 is 0.962 bits per heavy atom. The topological polar surface area (TPSA) is 49.4 Å². The van der Waals surface area contributed by atoms with Crippen molar-refractivity contribution in [2.24, 2.45) is 0 Å². The van der Waals surface area contributed by atoms with E-state index in [4.69, 9.17) is 23.8 Å². The highest BCUT2D eigenvalue weighted by molar-refractivity contribution is 5.45. The molecule has 2 bridgehead atoms. The summed E-state index contributed by atoms with van der Waals surface area (Å²) in [6, 6.07) is 6.44. The molecule has 4 aliphatic heterocycles. The largest absolute Gasteiger partial charge is 0.454 e. The maximum Gasteiger partial charge on any atom is 0.231 e. The maximum absolute atomic E-state index is 6.37. The van der Waals surface area contributed by atoms with E-state index in [9.17, 15) is 0 Å². The highest BCUT2D eigenvalue weighted by atomic mass is 16.7. The van der Waals surface area contributed by atoms with Crippen molar-refractivity contribution in [3.63, 3.8) is 0 Å². The van der Waals surface area contributed by atoms with Gasteiger partial charge in [0.05, 0.1) is 30.9 Å². The predicted octanol–water partition coefficient (Wildman–Crippen LogP) is 3.31. The second-order valence-electron chi connectivity index (χ2n) is 8.39. The molecule has 6 rings (SSSR count). The van der Waals surface area contributed by atoms with E-state index in [0.29, 0.717) is 20.0 Å². The zero-order valence-corrected chi connectivity index (χ0v) is 14.9. The first-order valence-electron chi connectivity index (χ1n) is 9.89. The van der Waals surface area contributed by atoms with Gasteiger partial charge in [0.25, 0.3) is 0 Å². The summed E-state index contributed by atoms with van der Waals surface area (Å²) in [5.74, 6) is 1.32. The fourth-order valence-corrected chi connectivity index (χ4v) is 5.33. The van der Waals surface area contributed by atoms with Gasteiger partial charge < -0.3 is 18.9 Å². The Balaban J connectivity index is 1.24. The smallest absolute Gasteiger partial charge is 0.231 e. The molecular weight excluding hydrogens is 334 g/mol. The number of nitrogens with zero attached hydrogens (tertiary/aromatic N) is 1. The van der Waals surface area contributed by atoms with Gasteiger partial charge in [0.15, 0.2) is 17.3 Å². The molecule has 0 amide bonds. The number of piperidine rings is 1. The van der Waals surface area contributed by atoms with E-state index < -0.39 is 0 Å². The first-order chi connectivity index (χ1) is 12.8. The number of hydrogen-bond acceptors (Lipinski definition) is 6. The lowest BCUT2D eigenvalue weighted by Gasteiger charge is -2.50. The van der Waals surface area contributed by atoms with Crippen LogP contribution in [-0.4, -0.2) is 42.5 Å². The Bertz CT molecular complexity index is 706. The summed E-state index contributed by atoms with van der Waals surface area (Å²) in [5, 5.41) is 2.17. The molecule has 0 aromatic heterocycles. The number of fused-ring (bicyclic) bond motifs is 4. The van der Waals surface area contributed by atoms with E-state index >= 15 is 0 Å². The van der Waals surface area contributed by atoms with Crippen LogP contribution in [0.5, 0.6) is 11.5 Å². The van der Waals surface area contributed by atoms with Gasteiger partial charge >= 0.3 is 0 Å². The van der Waals surface area contributed by atoms with E-state index in [0.717, 1.165) is 37.2 Å². The highest BCUT2D eigenvalue weighted by Gasteiger charge is 2.59. The van der Waals surface area contributed by atoms with Crippen LogP contribution in [0.1, 0.15) is 56.6 Å². The van der Waals surface area contributed by atoms with Gasteiger partial charge in [0, 0.05) is 19.3 Å². The standard InChI is InChI=1S/C20H25NO5/c1-2-6-20(7-3-1)24-11-19(12-25-20)10-15-9-16(21(19)26-15)14-4-5-17-18(8-14)23-13-22-17/h4-5,8,15-16H,1-3,6-7,9-13H2/t15?,16-/m0/s1. The van der Waals surface area contributed by atoms with Crippen LogP contribution in [0.3, 0.4) is 0 Å². The minimum absolute atomic E-state index is 0.160. The number of rotatable bonds is 1. The average Bonchev–Trinajstić information content (AvgIpc) is 3.39. The lowest BCUT2D eigenvalue weighted by Crippen LogP contribution is -2.60. The van der Waals surface area contributed by atoms with Crippen LogP contribution in [0.15, 0.2) is 18.2 Å². The van der Waals surface area contributed by atoms with Crippen LogP contribution >= 0.6 is 0 Å². The molecule has 0 N–H and O–H groups in total. The highest BCUT2D eigenvalue weighted by Crippen LogP contribution is 2.53. The molecule has 3 atom stereocenters. The molecule has 1 saturated carbocycles. The molecule has 1 aliphatic carbocycles. The number of hydrogen-bond donors (Lipinski definition) is 0. The van der Waals surface area contributed by atoms with Gasteiger partial charge in [-0.1, -0.05) is 12.5 Å². The zero-order chi connectivity index (χ0) is 17.2. The van der Waals surface area contributed by atoms with Gasteiger partial charge in [-0.3, -0.25) is 4.84 Å². The van der Waals surface area contributed by atoms with Crippen LogP contribution in [0.25, 0.3) is 0 Å². The van der Waals surface area contributed by atoms with Gasteiger partial charge in [-0.05, 0) is 37.0 Å². The first kappa shape index (κ1) is 15.7. The van der Waals surface area contributed by atoms with Crippen molar-refractivity contribution in [3.05, 3.63) is 23.8 Å². The van der Waals surface area contributed by atoms with Gasteiger partial charge in [-0.15, -0.1) is 0 Å². The normalized spacial score (nSPS) is 36.1. The fraction of sp³-hybridized carbons (Fsp3) is 0.700. The van der Waals surface area contributed by atoms with E-state index in [1.807, 2.05) is 6.07 Å². The predicted molar refractivity (Wildman–Crippen MR) is 91.7 cm³/mol. The Kier molecular flexibility index (Phi) is 3.37. The molecule has 4 heterocycles. The molecule has 140 valence electrons. The second kappa shape index (κ2) is 5.58. The molecule has 6 heteroatoms. The van der Waals surface area contributed by atoms with Gasteiger partial charge in [-0.2, -0.15) is 5.06 Å². The molecule has 1 aromatic rings. The van der Waals surface area contributed by atoms with E-state index in [1.165, 1.54) is 24.8 Å². The monoisotopic (exact) mass is 359 g/mol. The molecule has 0 radical (unpaired) electrons. The molecule has 4 fully saturated rings. The minimum atomic E-state index is -0.333. The van der Waals surface area contributed by atoms with Crippen LogP contribution in [-0.2, 0) is 14.3 Å². The summed E-state index contributed by atoms with van der Waals surface area (Å²) in [4.78, 5) is 6.23. The molecule has 26 heavy (non-hydrogen) atoms. The second-order valence-corrected chi connectivity index (χ2v) is 8.39. The van der Waals surface area contributed by atoms with Crippen molar-refractivity contribution in [3.8, 4) is 11.5 Å². The third-order valence-electron chi connectivity index (χ3n) is 6.71. The third kappa shape index (κ3) is 2.26. The summed E-state index contributed by atoms with van der Waals surface area (Å²) < 4.78 is 23.7. The van der Waals surface area contributed by atoms with E-state index in [2.05, 4.69) is 17.2 Å². The van der Waals surface area contributed by atoms with Gasteiger partial charge in [-0.25, -0.2) is 0 Å². The Hall–Kier alpha value is -1.34. The summed E-state index contributed by atoms with van der Waals surface area (Å²) in [5.41, 5.74) is 1.06. The molecule has 3 saturated heterocycles. The van der Waals surface area contributed by atoms with Crippen molar-refractivity contribution in [2.45, 2.75) is 68.4 Å². The molecule has 5 aliphatic rings. The first-order valence-corrected chi connectivity index (χ1v) is 9.89. The Labute approximate surface area is 153 Å². The summed E-state index contributed by atoms with van der Waals surface area (Å²) in [7, 11) is 0. The van der Waals surface area contributed by atoms with Crippen molar-refractivity contribution in [1.29, 1.82) is 0 Å². The zero-order valence-electron chi connectivity index (χ0n) is 14.9. The average molecular weight is 359 g/mol. The lowest BCUT2D eigenvalue weighted by atomic mass is 9.83. The Morgan fingerprint density at radius 3 is 2.58 bits per heavy atom. The maximum atomic E-state index is 6.37. The van der Waals surface area contributed by atoms with Gasteiger partial charge in [0.1, 0.15) is 0 Å². The molecule has 6 nitrogen and oxygen atoms in total. The molecule has 2 unspecified atom stereocenters. The minimum Gasteiger partial charge on any atom is -0.454 e. The van der Waals surface area contributed by atoms with E-state index in [-0.39, 0.29) is 23.5 Å². The van der Waals surface area contributed by atoms with Crippen LogP contribution in [0, 0.1) is 0 Å². The number of ether oxygens (including phenoxy) is 4. The summed E-state index contributed by atoms with van der Waals surface area (Å²) >= 11 is 0. The Morgan fingerprint density at radius 2 is 1.77 bits per heavy atom. The van der Waals surface area contributed by atoms with Crippen molar-refractivity contribution in [1.82, 2.24) is 5.06 Å². The SMILES string of the molecule is c1cc2c(cc1[C@@H]1CC3CC4(COC5(CCCCC5)OC4)N1O3)OCO2. The molecule has 1 aromatic carbocycles. The number of hydroxylamine groups is 2. The summed E-state index contributed by atoms with van der Waals surface area (Å²) in [6.45, 7) is 1.70.